The molecule has 0 amide bonds. The van der Waals surface area contributed by atoms with Crippen molar-refractivity contribution in [1.29, 1.82) is 0 Å². The fourth-order valence-corrected chi connectivity index (χ4v) is 1.87. The van der Waals surface area contributed by atoms with Gasteiger partial charge in [-0.05, 0) is 39.3 Å². The normalized spacial score (nSPS) is 11.8. The summed E-state index contributed by atoms with van der Waals surface area (Å²) in [6.45, 7) is 6.33. The van der Waals surface area contributed by atoms with Crippen molar-refractivity contribution in [2.75, 3.05) is 0 Å². The van der Waals surface area contributed by atoms with Gasteiger partial charge in [0.15, 0.2) is 11.4 Å². The van der Waals surface area contributed by atoms with Crippen LogP contribution in [0.2, 0.25) is 0 Å². The third-order valence-corrected chi connectivity index (χ3v) is 2.67. The molecule has 0 atom stereocenters. The number of aryl methyl sites for hydroxylation is 1. The Labute approximate surface area is 114 Å². The molecule has 0 saturated heterocycles. The van der Waals surface area contributed by atoms with Crippen LogP contribution in [0, 0.1) is 12.7 Å². The van der Waals surface area contributed by atoms with Gasteiger partial charge in [-0.2, -0.15) is 0 Å². The van der Waals surface area contributed by atoms with E-state index in [9.17, 15) is 14.0 Å². The highest BCUT2D eigenvalue weighted by atomic mass is 19.1. The largest absolute Gasteiger partial charge is 0.459 e. The average Bonchev–Trinajstić information content (AvgIpc) is 2.59. The molecule has 0 N–H and O–H groups in total. The van der Waals surface area contributed by atoms with E-state index in [0.717, 1.165) is 4.57 Å². The third kappa shape index (κ3) is 2.74. The number of halogens is 1. The molecule has 0 fully saturated rings. The molecular weight excluding hydrogens is 265 g/mol. The smallest absolute Gasteiger partial charge is 0.420 e. The zero-order valence-corrected chi connectivity index (χ0v) is 11.8. The van der Waals surface area contributed by atoms with Gasteiger partial charge in [0.25, 0.3) is 0 Å². The van der Waals surface area contributed by atoms with Crippen molar-refractivity contribution < 1.29 is 18.3 Å². The molecule has 0 bridgehead atoms. The SMILES string of the molecule is Cc1ccc2oc(=O)n(CC(=O)OC(C)(C)C)c2c1F. The maximum atomic E-state index is 14.1. The van der Waals surface area contributed by atoms with Gasteiger partial charge in [-0.25, -0.2) is 9.18 Å². The second kappa shape index (κ2) is 4.77. The molecule has 0 radical (unpaired) electrons. The number of nitrogens with zero attached hydrogens (tertiary/aromatic N) is 1. The number of esters is 1. The Morgan fingerprint density at radius 1 is 1.40 bits per heavy atom. The van der Waals surface area contributed by atoms with Crippen LogP contribution in [0.15, 0.2) is 21.3 Å². The second-order valence-corrected chi connectivity index (χ2v) is 5.58. The van der Waals surface area contributed by atoms with Crippen LogP contribution in [-0.4, -0.2) is 16.1 Å². The summed E-state index contributed by atoms with van der Waals surface area (Å²) in [5, 5.41) is 0. The van der Waals surface area contributed by atoms with E-state index in [-0.39, 0.29) is 17.6 Å². The topological polar surface area (TPSA) is 61.4 Å². The summed E-state index contributed by atoms with van der Waals surface area (Å²) in [7, 11) is 0. The first-order valence-electron chi connectivity index (χ1n) is 6.19. The van der Waals surface area contributed by atoms with Gasteiger partial charge in [0.1, 0.15) is 17.7 Å². The number of carbonyl (C=O) groups excluding carboxylic acids is 1. The highest BCUT2D eigenvalue weighted by Crippen LogP contribution is 2.20. The molecule has 1 aromatic heterocycles. The van der Waals surface area contributed by atoms with E-state index in [0.29, 0.717) is 5.56 Å². The molecule has 1 aromatic carbocycles. The van der Waals surface area contributed by atoms with Crippen molar-refractivity contribution in [3.05, 3.63) is 34.1 Å². The Morgan fingerprint density at radius 3 is 2.65 bits per heavy atom. The van der Waals surface area contributed by atoms with Gasteiger partial charge in [-0.3, -0.25) is 9.36 Å². The van der Waals surface area contributed by atoms with Crippen LogP contribution >= 0.6 is 0 Å². The minimum absolute atomic E-state index is 0.0131. The van der Waals surface area contributed by atoms with E-state index in [2.05, 4.69) is 0 Å². The Bertz CT molecular complexity index is 721. The summed E-state index contributed by atoms with van der Waals surface area (Å²) >= 11 is 0. The molecule has 5 nitrogen and oxygen atoms in total. The second-order valence-electron chi connectivity index (χ2n) is 5.58. The molecule has 0 saturated carbocycles. The zero-order valence-electron chi connectivity index (χ0n) is 11.8. The Kier molecular flexibility index (Phi) is 3.41. The van der Waals surface area contributed by atoms with Gasteiger partial charge in [-0.1, -0.05) is 6.07 Å². The van der Waals surface area contributed by atoms with Crippen LogP contribution in [0.25, 0.3) is 11.1 Å². The molecule has 2 rings (SSSR count). The average molecular weight is 281 g/mol. The van der Waals surface area contributed by atoms with Crippen molar-refractivity contribution in [3.63, 3.8) is 0 Å². The summed E-state index contributed by atoms with van der Waals surface area (Å²) in [5.74, 6) is -1.98. The van der Waals surface area contributed by atoms with E-state index < -0.39 is 23.1 Å². The predicted molar refractivity (Wildman–Crippen MR) is 71.0 cm³/mol. The van der Waals surface area contributed by atoms with Crippen LogP contribution in [0.5, 0.6) is 0 Å². The van der Waals surface area contributed by atoms with Crippen molar-refractivity contribution in [1.82, 2.24) is 4.57 Å². The Morgan fingerprint density at radius 2 is 2.05 bits per heavy atom. The number of rotatable bonds is 2. The molecule has 0 aliphatic carbocycles. The summed E-state index contributed by atoms with van der Waals surface area (Å²) in [6.07, 6.45) is 0. The lowest BCUT2D eigenvalue weighted by molar-refractivity contribution is -0.155. The number of ether oxygens (including phenoxy) is 1. The van der Waals surface area contributed by atoms with Gasteiger partial charge < -0.3 is 9.15 Å². The van der Waals surface area contributed by atoms with Crippen LogP contribution in [0.3, 0.4) is 0 Å². The number of hydrogen-bond donors (Lipinski definition) is 0. The van der Waals surface area contributed by atoms with E-state index in [4.69, 9.17) is 9.15 Å². The fraction of sp³-hybridized carbons (Fsp3) is 0.429. The predicted octanol–water partition coefficient (Wildman–Crippen LogP) is 2.38. The van der Waals surface area contributed by atoms with Crippen molar-refractivity contribution in [3.8, 4) is 0 Å². The fourth-order valence-electron chi connectivity index (χ4n) is 1.87. The highest BCUT2D eigenvalue weighted by molar-refractivity contribution is 5.77. The number of benzene rings is 1. The number of aromatic nitrogens is 1. The van der Waals surface area contributed by atoms with E-state index >= 15 is 0 Å². The monoisotopic (exact) mass is 281 g/mol. The number of hydrogen-bond acceptors (Lipinski definition) is 4. The lowest BCUT2D eigenvalue weighted by Gasteiger charge is -2.19. The maximum Gasteiger partial charge on any atom is 0.420 e. The van der Waals surface area contributed by atoms with Crippen LogP contribution in [-0.2, 0) is 16.1 Å². The van der Waals surface area contributed by atoms with Gasteiger partial charge >= 0.3 is 11.7 Å². The molecule has 6 heteroatoms. The Hall–Kier alpha value is -2.11. The summed E-state index contributed by atoms with van der Waals surface area (Å²) in [6, 6.07) is 3.01. The Balaban J connectivity index is 2.45. The van der Waals surface area contributed by atoms with E-state index in [1.807, 2.05) is 0 Å². The van der Waals surface area contributed by atoms with Crippen molar-refractivity contribution in [2.24, 2.45) is 0 Å². The summed E-state index contributed by atoms with van der Waals surface area (Å²) < 4.78 is 25.1. The number of carbonyl (C=O) groups is 1. The van der Waals surface area contributed by atoms with Crippen LogP contribution in [0.1, 0.15) is 26.3 Å². The molecule has 1 heterocycles. The van der Waals surface area contributed by atoms with Gasteiger partial charge in [0.05, 0.1) is 0 Å². The molecule has 0 unspecified atom stereocenters. The van der Waals surface area contributed by atoms with Crippen molar-refractivity contribution in [2.45, 2.75) is 39.8 Å². The molecule has 0 aliphatic heterocycles. The first-order chi connectivity index (χ1) is 9.19. The molecule has 20 heavy (non-hydrogen) atoms. The summed E-state index contributed by atoms with van der Waals surface area (Å²) in [5.41, 5.74) is -0.201. The highest BCUT2D eigenvalue weighted by Gasteiger charge is 2.21. The summed E-state index contributed by atoms with van der Waals surface area (Å²) in [4.78, 5) is 23.5. The zero-order chi connectivity index (χ0) is 15.1. The third-order valence-electron chi connectivity index (χ3n) is 2.67. The first kappa shape index (κ1) is 14.3. The van der Waals surface area contributed by atoms with E-state index in [1.54, 1.807) is 27.7 Å². The standard InChI is InChI=1S/C14H16FNO4/c1-8-5-6-9-12(11(8)15)16(13(18)19-9)7-10(17)20-14(2,3)4/h5-6H,7H2,1-4H3. The van der Waals surface area contributed by atoms with Gasteiger partial charge in [0.2, 0.25) is 0 Å². The minimum atomic E-state index is -0.782. The minimum Gasteiger partial charge on any atom is -0.459 e. The lowest BCUT2D eigenvalue weighted by atomic mass is 10.2. The first-order valence-corrected chi connectivity index (χ1v) is 6.19. The molecule has 0 spiro atoms. The molecule has 2 aromatic rings. The molecule has 108 valence electrons. The quantitative estimate of drug-likeness (QED) is 0.793. The number of fused-ring (bicyclic) bond motifs is 1. The van der Waals surface area contributed by atoms with Crippen LogP contribution in [0.4, 0.5) is 4.39 Å². The maximum absolute atomic E-state index is 14.1. The molecular formula is C14H16FNO4. The molecule has 0 aliphatic rings. The number of oxazole rings is 1. The van der Waals surface area contributed by atoms with Crippen LogP contribution < -0.4 is 5.76 Å². The van der Waals surface area contributed by atoms with E-state index in [1.165, 1.54) is 12.1 Å². The van der Waals surface area contributed by atoms with Gasteiger partial charge in [0, 0.05) is 0 Å². The van der Waals surface area contributed by atoms with Gasteiger partial charge in [-0.15, -0.1) is 0 Å². The van der Waals surface area contributed by atoms with Crippen molar-refractivity contribution >= 4 is 17.1 Å². The lowest BCUT2D eigenvalue weighted by Crippen LogP contribution is -2.29.